The van der Waals surface area contributed by atoms with Crippen LogP contribution in [0.4, 0.5) is 0 Å². The van der Waals surface area contributed by atoms with E-state index in [2.05, 4.69) is 70.1 Å². The predicted octanol–water partition coefficient (Wildman–Crippen LogP) is 7.53. The maximum Gasteiger partial charge on any atom is 0.0810 e. The molecule has 0 fully saturated rings. The lowest BCUT2D eigenvalue weighted by atomic mass is 10.1. The van der Waals surface area contributed by atoms with Crippen LogP contribution in [0.15, 0.2) is 18.2 Å². The predicted molar refractivity (Wildman–Crippen MR) is 116 cm³/mol. The first kappa shape index (κ1) is 21.4. The van der Waals surface area contributed by atoms with Crippen LogP contribution in [-0.4, -0.2) is 8.07 Å². The molecule has 132 valence electrons. The third-order valence-electron chi connectivity index (χ3n) is 4.86. The molecule has 1 rings (SSSR count). The number of hydrogen-bond acceptors (Lipinski definition) is 0. The molecule has 3 heteroatoms. The average molecular weight is 462 g/mol. The van der Waals surface area contributed by atoms with Gasteiger partial charge in [-0.3, -0.25) is 0 Å². The molecule has 0 aliphatic rings. The molecule has 0 saturated heterocycles. The van der Waals surface area contributed by atoms with Crippen LogP contribution in [0.3, 0.4) is 0 Å². The van der Waals surface area contributed by atoms with Gasteiger partial charge >= 0.3 is 0 Å². The second-order valence-corrected chi connectivity index (χ2v) is 13.3. The Morgan fingerprint density at radius 2 is 1.43 bits per heavy atom. The molecule has 0 nitrogen and oxygen atoms in total. The van der Waals surface area contributed by atoms with Crippen LogP contribution in [0.2, 0.25) is 19.1 Å². The van der Waals surface area contributed by atoms with Crippen LogP contribution in [0.25, 0.3) is 0 Å². The first-order valence-electron chi connectivity index (χ1n) is 9.29. The van der Waals surface area contributed by atoms with E-state index in [1.807, 2.05) is 0 Å². The van der Waals surface area contributed by atoms with Crippen molar-refractivity contribution in [2.45, 2.75) is 88.1 Å². The highest BCUT2D eigenvalue weighted by atomic mass is 79.9. The SMILES string of the molecule is CCCCCCCCCC[Si](C)(C)c1cc(CBr)ccc1CBr. The Balaban J connectivity index is 2.46. The third-order valence-corrected chi connectivity index (χ3v) is 9.64. The highest BCUT2D eigenvalue weighted by Crippen LogP contribution is 2.21. The molecule has 1 aromatic carbocycles. The van der Waals surface area contributed by atoms with Crippen LogP contribution >= 0.6 is 31.9 Å². The van der Waals surface area contributed by atoms with Gasteiger partial charge in [-0.25, -0.2) is 0 Å². The lowest BCUT2D eigenvalue weighted by Gasteiger charge is -2.26. The third kappa shape index (κ3) is 7.88. The largest absolute Gasteiger partial charge is 0.0876 e. The van der Waals surface area contributed by atoms with Crippen molar-refractivity contribution in [2.75, 3.05) is 0 Å². The summed E-state index contributed by atoms with van der Waals surface area (Å²) in [6.45, 7) is 7.39. The van der Waals surface area contributed by atoms with Gasteiger partial charge in [0.25, 0.3) is 0 Å². The zero-order valence-corrected chi connectivity index (χ0v) is 19.4. The molecule has 1 aromatic rings. The van der Waals surface area contributed by atoms with Crippen molar-refractivity contribution in [3.8, 4) is 0 Å². The summed E-state index contributed by atoms with van der Waals surface area (Å²) in [5, 5.41) is 3.61. The number of unbranched alkanes of at least 4 members (excludes halogenated alkanes) is 7. The Labute approximate surface area is 162 Å². The highest BCUT2D eigenvalue weighted by Gasteiger charge is 2.25. The van der Waals surface area contributed by atoms with Crippen LogP contribution in [-0.2, 0) is 10.7 Å². The number of halogens is 2. The van der Waals surface area contributed by atoms with Crippen LogP contribution in [0.5, 0.6) is 0 Å². The van der Waals surface area contributed by atoms with Crippen molar-refractivity contribution >= 4 is 45.1 Å². The fourth-order valence-electron chi connectivity index (χ4n) is 3.29. The van der Waals surface area contributed by atoms with Crippen molar-refractivity contribution in [3.63, 3.8) is 0 Å². The molecule has 0 N–H and O–H groups in total. The molecule has 0 aliphatic carbocycles. The van der Waals surface area contributed by atoms with Gasteiger partial charge in [0.1, 0.15) is 0 Å². The van der Waals surface area contributed by atoms with Gasteiger partial charge in [-0.2, -0.15) is 0 Å². The molecule has 0 amide bonds. The smallest absolute Gasteiger partial charge is 0.0810 e. The summed E-state index contributed by atoms with van der Waals surface area (Å²) >= 11 is 7.29. The standard InChI is InChI=1S/C20H34Br2Si/c1-4-5-6-7-8-9-10-11-14-23(2,3)20-15-18(16-21)12-13-19(20)17-22/h12-13,15H,4-11,14,16-17H2,1-3H3. The van der Waals surface area contributed by atoms with Gasteiger partial charge in [-0.15, -0.1) is 0 Å². The Morgan fingerprint density at radius 3 is 2.00 bits per heavy atom. The van der Waals surface area contributed by atoms with Gasteiger partial charge in [0, 0.05) is 10.7 Å². The molecular formula is C20H34Br2Si. The molecule has 23 heavy (non-hydrogen) atoms. The zero-order chi connectivity index (χ0) is 17.1. The highest BCUT2D eigenvalue weighted by molar-refractivity contribution is 9.08. The van der Waals surface area contributed by atoms with Gasteiger partial charge in [-0.1, -0.05) is 133 Å². The first-order valence-corrected chi connectivity index (χ1v) is 14.7. The van der Waals surface area contributed by atoms with Gasteiger partial charge in [0.15, 0.2) is 0 Å². The normalized spacial score (nSPS) is 11.9. The van der Waals surface area contributed by atoms with Crippen molar-refractivity contribution in [2.24, 2.45) is 0 Å². The minimum absolute atomic E-state index is 0.963. The van der Waals surface area contributed by atoms with Gasteiger partial charge in [0.2, 0.25) is 0 Å². The molecule has 0 atom stereocenters. The van der Waals surface area contributed by atoms with E-state index in [1.54, 1.807) is 5.19 Å². The fourth-order valence-corrected chi connectivity index (χ4v) is 7.41. The number of alkyl halides is 2. The molecule has 0 spiro atoms. The van der Waals surface area contributed by atoms with Crippen LogP contribution in [0, 0.1) is 0 Å². The van der Waals surface area contributed by atoms with E-state index in [-0.39, 0.29) is 0 Å². The molecule has 0 saturated carbocycles. The van der Waals surface area contributed by atoms with Crippen LogP contribution in [0.1, 0.15) is 69.4 Å². The Hall–Kier alpha value is 0.397. The Bertz CT molecular complexity index is 443. The fraction of sp³-hybridized carbons (Fsp3) is 0.700. The second kappa shape index (κ2) is 11.9. The zero-order valence-electron chi connectivity index (χ0n) is 15.3. The van der Waals surface area contributed by atoms with Crippen molar-refractivity contribution in [3.05, 3.63) is 29.3 Å². The molecule has 0 bridgehead atoms. The molecule has 0 aromatic heterocycles. The lowest BCUT2D eigenvalue weighted by Crippen LogP contribution is -2.43. The van der Waals surface area contributed by atoms with Gasteiger partial charge in [0.05, 0.1) is 8.07 Å². The summed E-state index contributed by atoms with van der Waals surface area (Å²) < 4.78 is 0. The first-order chi connectivity index (χ1) is 11.0. The molecule has 0 radical (unpaired) electrons. The van der Waals surface area contributed by atoms with Crippen molar-refractivity contribution < 1.29 is 0 Å². The van der Waals surface area contributed by atoms with E-state index in [1.165, 1.54) is 68.5 Å². The second-order valence-electron chi connectivity index (χ2n) is 7.37. The summed E-state index contributed by atoms with van der Waals surface area (Å²) in [6, 6.07) is 8.47. The molecule has 0 heterocycles. The van der Waals surface area contributed by atoms with E-state index >= 15 is 0 Å². The summed E-state index contributed by atoms with van der Waals surface area (Å²) in [5.41, 5.74) is 2.92. The Kier molecular flexibility index (Phi) is 11.1. The summed E-state index contributed by atoms with van der Waals surface area (Å²) in [7, 11) is -1.32. The lowest BCUT2D eigenvalue weighted by molar-refractivity contribution is 0.584. The van der Waals surface area contributed by atoms with E-state index < -0.39 is 8.07 Å². The number of benzene rings is 1. The van der Waals surface area contributed by atoms with E-state index in [0.29, 0.717) is 0 Å². The van der Waals surface area contributed by atoms with Crippen molar-refractivity contribution in [1.82, 2.24) is 0 Å². The maximum atomic E-state index is 3.68. The summed E-state index contributed by atoms with van der Waals surface area (Å²) in [5.74, 6) is 0. The van der Waals surface area contributed by atoms with E-state index in [9.17, 15) is 0 Å². The maximum absolute atomic E-state index is 3.68. The minimum Gasteiger partial charge on any atom is -0.0876 e. The van der Waals surface area contributed by atoms with Gasteiger partial charge in [-0.05, 0) is 11.1 Å². The number of rotatable bonds is 12. The molecular weight excluding hydrogens is 428 g/mol. The monoisotopic (exact) mass is 460 g/mol. The van der Waals surface area contributed by atoms with Crippen molar-refractivity contribution in [1.29, 1.82) is 0 Å². The minimum atomic E-state index is -1.32. The Morgan fingerprint density at radius 1 is 0.826 bits per heavy atom. The average Bonchev–Trinajstić information content (AvgIpc) is 2.56. The summed E-state index contributed by atoms with van der Waals surface area (Å²) in [4.78, 5) is 0. The molecule has 0 unspecified atom stereocenters. The van der Waals surface area contributed by atoms with Gasteiger partial charge < -0.3 is 0 Å². The van der Waals surface area contributed by atoms with Crippen LogP contribution < -0.4 is 5.19 Å². The topological polar surface area (TPSA) is 0 Å². The summed E-state index contributed by atoms with van der Waals surface area (Å²) in [6.07, 6.45) is 11.3. The quantitative estimate of drug-likeness (QED) is 0.171. The van der Waals surface area contributed by atoms with E-state index in [0.717, 1.165) is 10.7 Å². The number of hydrogen-bond donors (Lipinski definition) is 0. The van der Waals surface area contributed by atoms with E-state index in [4.69, 9.17) is 0 Å². The molecule has 0 aliphatic heterocycles.